The van der Waals surface area contributed by atoms with E-state index in [2.05, 4.69) is 10.3 Å². The van der Waals surface area contributed by atoms with Crippen molar-refractivity contribution in [1.29, 1.82) is 0 Å². The van der Waals surface area contributed by atoms with Crippen molar-refractivity contribution in [2.24, 2.45) is 0 Å². The molecule has 0 unspecified atom stereocenters. The molecule has 0 saturated heterocycles. The zero-order valence-electron chi connectivity index (χ0n) is 15.6. The lowest BCUT2D eigenvalue weighted by Gasteiger charge is -2.12. The van der Waals surface area contributed by atoms with Gasteiger partial charge in [-0.1, -0.05) is 23.7 Å². The standard InChI is InChI=1S/C22H16Cl3N3O2/c23-14-2-1-3-15(11-14)27-21-17-6-8-26-12-18(17)16-5-4-13(10-19(16)28-21)22(29)30-9-7-20(24)25/h1-6,8,10-12,20H,7,9H2,(H,27,28). The molecule has 0 saturated carbocycles. The zero-order chi connectivity index (χ0) is 21.1. The molecule has 0 amide bonds. The number of esters is 1. The van der Waals surface area contributed by atoms with Gasteiger partial charge >= 0.3 is 5.97 Å². The lowest BCUT2D eigenvalue weighted by atomic mass is 10.1. The molecule has 0 aliphatic carbocycles. The van der Waals surface area contributed by atoms with E-state index in [1.54, 1.807) is 30.6 Å². The summed E-state index contributed by atoms with van der Waals surface area (Å²) in [5.41, 5.74) is 1.84. The second-order valence-electron chi connectivity index (χ2n) is 6.56. The first-order valence-electron chi connectivity index (χ1n) is 9.16. The summed E-state index contributed by atoms with van der Waals surface area (Å²) in [6, 6.07) is 14.5. The second kappa shape index (κ2) is 9.04. The Hall–Kier alpha value is -2.60. The maximum absolute atomic E-state index is 12.4. The third kappa shape index (κ3) is 4.59. The van der Waals surface area contributed by atoms with Crippen molar-refractivity contribution in [3.8, 4) is 0 Å². The highest BCUT2D eigenvalue weighted by Crippen LogP contribution is 2.31. The molecule has 0 aliphatic rings. The van der Waals surface area contributed by atoms with Gasteiger partial charge in [-0.3, -0.25) is 4.98 Å². The van der Waals surface area contributed by atoms with Crippen LogP contribution in [0.25, 0.3) is 21.7 Å². The molecule has 4 aromatic rings. The van der Waals surface area contributed by atoms with Crippen molar-refractivity contribution >= 4 is 74.0 Å². The minimum atomic E-state index is -0.574. The minimum absolute atomic E-state index is 0.144. The Balaban J connectivity index is 1.74. The van der Waals surface area contributed by atoms with E-state index in [4.69, 9.17) is 44.5 Å². The number of anilines is 2. The third-order valence-electron chi connectivity index (χ3n) is 4.49. The molecule has 5 nitrogen and oxygen atoms in total. The van der Waals surface area contributed by atoms with E-state index >= 15 is 0 Å². The SMILES string of the molecule is O=C(OCCC(Cl)Cl)c1ccc2c(c1)nc(Nc1cccc(Cl)c1)c1ccncc12. The molecule has 1 N–H and O–H groups in total. The summed E-state index contributed by atoms with van der Waals surface area (Å²) in [5.74, 6) is 0.183. The van der Waals surface area contributed by atoms with Gasteiger partial charge in [0.05, 0.1) is 17.7 Å². The molecule has 0 spiro atoms. The van der Waals surface area contributed by atoms with Crippen LogP contribution < -0.4 is 5.32 Å². The fourth-order valence-corrected chi connectivity index (χ4v) is 3.47. The average Bonchev–Trinajstić information content (AvgIpc) is 2.73. The number of aromatic nitrogens is 2. The first kappa shape index (κ1) is 20.7. The normalized spacial score (nSPS) is 11.2. The van der Waals surface area contributed by atoms with Crippen LogP contribution in [0.2, 0.25) is 5.02 Å². The molecule has 0 bridgehead atoms. The van der Waals surface area contributed by atoms with Gasteiger partial charge in [-0.05, 0) is 36.4 Å². The highest BCUT2D eigenvalue weighted by Gasteiger charge is 2.13. The fourth-order valence-electron chi connectivity index (χ4n) is 3.10. The number of rotatable bonds is 6. The van der Waals surface area contributed by atoms with Gasteiger partial charge in [-0.25, -0.2) is 9.78 Å². The predicted molar refractivity (Wildman–Crippen MR) is 122 cm³/mol. The van der Waals surface area contributed by atoms with Crippen molar-refractivity contribution in [1.82, 2.24) is 9.97 Å². The highest BCUT2D eigenvalue weighted by atomic mass is 35.5. The maximum atomic E-state index is 12.4. The Labute approximate surface area is 187 Å². The lowest BCUT2D eigenvalue weighted by Crippen LogP contribution is -2.08. The summed E-state index contributed by atoms with van der Waals surface area (Å²) in [5, 5.41) is 6.63. The highest BCUT2D eigenvalue weighted by molar-refractivity contribution is 6.44. The van der Waals surface area contributed by atoms with Crippen LogP contribution >= 0.6 is 34.8 Å². The van der Waals surface area contributed by atoms with Crippen molar-refractivity contribution in [3.63, 3.8) is 0 Å². The number of hydrogen-bond acceptors (Lipinski definition) is 5. The monoisotopic (exact) mass is 459 g/mol. The minimum Gasteiger partial charge on any atom is -0.462 e. The van der Waals surface area contributed by atoms with Crippen LogP contribution in [0, 0.1) is 0 Å². The molecule has 2 aromatic heterocycles. The van der Waals surface area contributed by atoms with Crippen molar-refractivity contribution in [3.05, 3.63) is 71.5 Å². The van der Waals surface area contributed by atoms with Gasteiger partial charge < -0.3 is 10.1 Å². The van der Waals surface area contributed by atoms with Crippen LogP contribution in [0.15, 0.2) is 60.9 Å². The summed E-state index contributed by atoms with van der Waals surface area (Å²) in [4.78, 5) is 20.8. The Kier molecular flexibility index (Phi) is 6.23. The molecule has 8 heteroatoms. The van der Waals surface area contributed by atoms with Crippen LogP contribution in [-0.2, 0) is 4.74 Å². The number of nitrogens with zero attached hydrogens (tertiary/aromatic N) is 2. The van der Waals surface area contributed by atoms with E-state index in [9.17, 15) is 4.79 Å². The maximum Gasteiger partial charge on any atom is 0.338 e. The first-order valence-corrected chi connectivity index (χ1v) is 10.4. The molecular weight excluding hydrogens is 445 g/mol. The molecule has 0 aliphatic heterocycles. The second-order valence-corrected chi connectivity index (χ2v) is 8.28. The van der Waals surface area contributed by atoms with Crippen molar-refractivity contribution in [2.75, 3.05) is 11.9 Å². The Bertz CT molecular complexity index is 1230. The topological polar surface area (TPSA) is 64.1 Å². The molecule has 2 heterocycles. The summed E-state index contributed by atoms with van der Waals surface area (Å²) >= 11 is 17.5. The number of ether oxygens (including phenoxy) is 1. The van der Waals surface area contributed by atoms with Gasteiger partial charge in [0.25, 0.3) is 0 Å². The Morgan fingerprint density at radius 2 is 1.93 bits per heavy atom. The van der Waals surface area contributed by atoms with Crippen molar-refractivity contribution in [2.45, 2.75) is 11.3 Å². The quantitative estimate of drug-likeness (QED) is 0.201. The Morgan fingerprint density at radius 3 is 2.73 bits per heavy atom. The van der Waals surface area contributed by atoms with Crippen LogP contribution in [-0.4, -0.2) is 27.4 Å². The largest absolute Gasteiger partial charge is 0.462 e. The molecule has 0 fully saturated rings. The molecule has 4 rings (SSSR count). The number of hydrogen-bond donors (Lipinski definition) is 1. The zero-order valence-corrected chi connectivity index (χ0v) is 17.9. The molecule has 0 atom stereocenters. The van der Waals surface area contributed by atoms with E-state index in [1.165, 1.54) is 0 Å². The van der Waals surface area contributed by atoms with Crippen LogP contribution in [0.1, 0.15) is 16.8 Å². The van der Waals surface area contributed by atoms with E-state index in [0.717, 1.165) is 21.8 Å². The lowest BCUT2D eigenvalue weighted by molar-refractivity contribution is 0.0504. The molecule has 30 heavy (non-hydrogen) atoms. The van der Waals surface area contributed by atoms with Gasteiger partial charge in [0.15, 0.2) is 0 Å². The third-order valence-corrected chi connectivity index (χ3v) is 5.16. The van der Waals surface area contributed by atoms with Crippen LogP contribution in [0.4, 0.5) is 11.5 Å². The number of nitrogens with one attached hydrogen (secondary N) is 1. The Morgan fingerprint density at radius 1 is 1.07 bits per heavy atom. The number of benzene rings is 2. The summed E-state index contributed by atoms with van der Waals surface area (Å²) in [6.45, 7) is 0.144. The number of carbonyl (C=O) groups is 1. The number of halogens is 3. The van der Waals surface area contributed by atoms with Crippen LogP contribution in [0.3, 0.4) is 0 Å². The number of fused-ring (bicyclic) bond motifs is 3. The first-order chi connectivity index (χ1) is 14.5. The van der Waals surface area contributed by atoms with E-state index in [1.807, 2.05) is 30.3 Å². The predicted octanol–water partition coefficient (Wildman–Crippen LogP) is 6.53. The summed E-state index contributed by atoms with van der Waals surface area (Å²) in [6.07, 6.45) is 3.86. The van der Waals surface area contributed by atoms with Crippen LogP contribution in [0.5, 0.6) is 0 Å². The van der Waals surface area contributed by atoms with Gasteiger partial charge in [0, 0.05) is 45.7 Å². The van der Waals surface area contributed by atoms with Gasteiger partial charge in [-0.2, -0.15) is 0 Å². The molecular formula is C22H16Cl3N3O2. The molecule has 0 radical (unpaired) electrons. The van der Waals surface area contributed by atoms with E-state index in [0.29, 0.717) is 28.3 Å². The van der Waals surface area contributed by atoms with Crippen molar-refractivity contribution < 1.29 is 9.53 Å². The number of carbonyl (C=O) groups excluding carboxylic acids is 1. The fraction of sp³-hybridized carbons (Fsp3) is 0.136. The molecule has 152 valence electrons. The number of alkyl halides is 2. The van der Waals surface area contributed by atoms with Gasteiger partial charge in [0.1, 0.15) is 10.7 Å². The van der Waals surface area contributed by atoms with Gasteiger partial charge in [-0.15, -0.1) is 23.2 Å². The smallest absolute Gasteiger partial charge is 0.338 e. The number of pyridine rings is 2. The van der Waals surface area contributed by atoms with E-state index < -0.39 is 10.8 Å². The molecule has 2 aromatic carbocycles. The van der Waals surface area contributed by atoms with Gasteiger partial charge in [0.2, 0.25) is 0 Å². The summed E-state index contributed by atoms with van der Waals surface area (Å²) < 4.78 is 5.24. The average molecular weight is 461 g/mol. The van der Waals surface area contributed by atoms with E-state index in [-0.39, 0.29) is 6.61 Å². The summed E-state index contributed by atoms with van der Waals surface area (Å²) in [7, 11) is 0.